The lowest BCUT2D eigenvalue weighted by Gasteiger charge is -2.26. The van der Waals surface area contributed by atoms with Crippen LogP contribution in [0.3, 0.4) is 0 Å². The van der Waals surface area contributed by atoms with Crippen LogP contribution in [-0.4, -0.2) is 66.1 Å². The van der Waals surface area contributed by atoms with Crippen LogP contribution in [0.4, 0.5) is 15.4 Å². The van der Waals surface area contributed by atoms with Gasteiger partial charge in [-0.15, -0.1) is 0 Å². The summed E-state index contributed by atoms with van der Waals surface area (Å²) >= 11 is 0. The maximum absolute atomic E-state index is 12.4. The Morgan fingerprint density at radius 1 is 1.06 bits per heavy atom. The highest BCUT2D eigenvalue weighted by atomic mass is 32.2. The number of sulfone groups is 1. The number of fused-ring (bicyclic) bond motifs is 1. The minimum Gasteiger partial charge on any atom is -0.457 e. The van der Waals surface area contributed by atoms with Crippen molar-refractivity contribution in [1.82, 2.24) is 19.8 Å². The molecule has 2 N–H and O–H groups in total. The van der Waals surface area contributed by atoms with Gasteiger partial charge in [0.05, 0.1) is 17.0 Å². The normalized spacial score (nSPS) is 15.3. The fraction of sp³-hybridized carbons (Fsp3) is 0.286. The molecule has 0 saturated carbocycles. The summed E-state index contributed by atoms with van der Waals surface area (Å²) in [6.07, 6.45) is 3.21. The van der Waals surface area contributed by atoms with Gasteiger partial charge in [0.25, 0.3) is 0 Å². The molecule has 3 aromatic rings. The SMILES string of the molecule is CCNC(=O)n1ccc2cc(Oc3ccnc(NC(=O)N4CCS(=O)(=O)CC4)c3)ccc21. The van der Waals surface area contributed by atoms with E-state index in [0.29, 0.717) is 23.9 Å². The lowest BCUT2D eigenvalue weighted by Crippen LogP contribution is -2.45. The first-order valence-corrected chi connectivity index (χ1v) is 12.0. The van der Waals surface area contributed by atoms with Gasteiger partial charge in [-0.2, -0.15) is 0 Å². The Balaban J connectivity index is 1.44. The average Bonchev–Trinajstić information content (AvgIpc) is 3.17. The highest BCUT2D eigenvalue weighted by Crippen LogP contribution is 2.27. The van der Waals surface area contributed by atoms with E-state index < -0.39 is 15.9 Å². The summed E-state index contributed by atoms with van der Waals surface area (Å²) in [4.78, 5) is 30.1. The average molecular weight is 458 g/mol. The summed E-state index contributed by atoms with van der Waals surface area (Å²) in [5, 5.41) is 6.28. The van der Waals surface area contributed by atoms with Gasteiger partial charge in [-0.05, 0) is 37.3 Å². The highest BCUT2D eigenvalue weighted by molar-refractivity contribution is 7.91. The molecule has 4 rings (SSSR count). The van der Waals surface area contributed by atoms with Crippen molar-refractivity contribution >= 4 is 38.6 Å². The second-order valence-electron chi connectivity index (χ2n) is 7.29. The molecule has 11 heteroatoms. The molecule has 1 aliphatic rings. The minimum atomic E-state index is -3.07. The molecule has 0 atom stereocenters. The van der Waals surface area contributed by atoms with Gasteiger partial charge in [0.15, 0.2) is 9.84 Å². The first-order valence-electron chi connectivity index (χ1n) is 10.1. The molecule has 10 nitrogen and oxygen atoms in total. The number of urea groups is 1. The van der Waals surface area contributed by atoms with Gasteiger partial charge in [-0.25, -0.2) is 23.0 Å². The van der Waals surface area contributed by atoms with E-state index in [1.807, 2.05) is 19.1 Å². The fourth-order valence-electron chi connectivity index (χ4n) is 3.38. The summed E-state index contributed by atoms with van der Waals surface area (Å²) in [5.41, 5.74) is 0.759. The molecule has 1 saturated heterocycles. The quantitative estimate of drug-likeness (QED) is 0.621. The van der Waals surface area contributed by atoms with Crippen molar-refractivity contribution in [2.24, 2.45) is 0 Å². The molecule has 1 aliphatic heterocycles. The predicted octanol–water partition coefficient (Wildman–Crippen LogP) is 2.67. The third kappa shape index (κ3) is 4.83. The summed E-state index contributed by atoms with van der Waals surface area (Å²) < 4.78 is 30.5. The van der Waals surface area contributed by atoms with Gasteiger partial charge in [0.2, 0.25) is 0 Å². The number of aromatic nitrogens is 2. The van der Waals surface area contributed by atoms with Crippen LogP contribution in [0.15, 0.2) is 48.8 Å². The summed E-state index contributed by atoms with van der Waals surface area (Å²) in [6, 6.07) is 9.84. The number of pyridine rings is 1. The highest BCUT2D eigenvalue weighted by Gasteiger charge is 2.25. The number of ether oxygens (including phenoxy) is 1. The van der Waals surface area contributed by atoms with Crippen molar-refractivity contribution < 1.29 is 22.7 Å². The van der Waals surface area contributed by atoms with Crippen molar-refractivity contribution in [3.63, 3.8) is 0 Å². The van der Waals surface area contributed by atoms with E-state index in [1.54, 1.807) is 30.5 Å². The Hall–Kier alpha value is -3.60. The lowest BCUT2D eigenvalue weighted by molar-refractivity contribution is 0.216. The molecule has 0 spiro atoms. The number of rotatable bonds is 4. The minimum absolute atomic E-state index is 0.0404. The summed E-state index contributed by atoms with van der Waals surface area (Å²) in [7, 11) is -3.07. The van der Waals surface area contributed by atoms with E-state index in [9.17, 15) is 18.0 Å². The first-order chi connectivity index (χ1) is 15.3. The van der Waals surface area contributed by atoms with E-state index in [1.165, 1.54) is 15.7 Å². The first kappa shape index (κ1) is 21.6. The van der Waals surface area contributed by atoms with E-state index >= 15 is 0 Å². The maximum Gasteiger partial charge on any atom is 0.326 e. The largest absolute Gasteiger partial charge is 0.457 e. The predicted molar refractivity (Wildman–Crippen MR) is 120 cm³/mol. The van der Waals surface area contributed by atoms with Gasteiger partial charge in [-0.1, -0.05) is 0 Å². The van der Waals surface area contributed by atoms with Crippen molar-refractivity contribution in [3.8, 4) is 11.5 Å². The third-order valence-corrected chi connectivity index (χ3v) is 6.65. The van der Waals surface area contributed by atoms with Crippen molar-refractivity contribution in [2.75, 3.05) is 36.5 Å². The van der Waals surface area contributed by atoms with Crippen molar-refractivity contribution in [3.05, 3.63) is 48.8 Å². The van der Waals surface area contributed by atoms with Crippen molar-refractivity contribution in [1.29, 1.82) is 0 Å². The molecule has 0 radical (unpaired) electrons. The molecular formula is C21H23N5O5S. The number of amides is 3. The van der Waals surface area contributed by atoms with Gasteiger partial charge < -0.3 is 15.0 Å². The van der Waals surface area contributed by atoms with Crippen LogP contribution in [0.2, 0.25) is 0 Å². The smallest absolute Gasteiger partial charge is 0.326 e. The van der Waals surface area contributed by atoms with Gasteiger partial charge >= 0.3 is 12.1 Å². The number of nitrogens with zero attached hydrogens (tertiary/aromatic N) is 3. The Morgan fingerprint density at radius 3 is 2.56 bits per heavy atom. The van der Waals surface area contributed by atoms with Crippen LogP contribution >= 0.6 is 0 Å². The summed E-state index contributed by atoms with van der Waals surface area (Å²) in [6.45, 7) is 2.70. The van der Waals surface area contributed by atoms with Crippen LogP contribution in [0, 0.1) is 0 Å². The Bertz CT molecular complexity index is 1260. The second-order valence-corrected chi connectivity index (χ2v) is 9.59. The zero-order valence-corrected chi connectivity index (χ0v) is 18.3. The number of nitrogens with one attached hydrogen (secondary N) is 2. The molecule has 32 heavy (non-hydrogen) atoms. The van der Waals surface area contributed by atoms with Crippen LogP contribution in [0.5, 0.6) is 11.5 Å². The van der Waals surface area contributed by atoms with Gasteiger partial charge in [-0.3, -0.25) is 9.88 Å². The van der Waals surface area contributed by atoms with Gasteiger partial charge in [0, 0.05) is 43.5 Å². The number of hydrogen-bond acceptors (Lipinski definition) is 6. The van der Waals surface area contributed by atoms with E-state index in [2.05, 4.69) is 15.6 Å². The standard InChI is InChI=1S/C21H23N5O5S/c1-2-22-20(27)26-8-6-15-13-16(3-4-18(15)26)31-17-5-7-23-19(14-17)24-21(28)25-9-11-32(29,30)12-10-25/h3-8,13-14H,2,9-12H2,1H3,(H,22,27)(H,23,24,28). The number of hydrogen-bond donors (Lipinski definition) is 2. The van der Waals surface area contributed by atoms with Crippen LogP contribution in [0.1, 0.15) is 6.92 Å². The molecule has 168 valence electrons. The molecule has 0 bridgehead atoms. The van der Waals surface area contributed by atoms with E-state index in [0.717, 1.165) is 10.9 Å². The summed E-state index contributed by atoms with van der Waals surface area (Å²) in [5.74, 6) is 1.25. The molecule has 0 unspecified atom stereocenters. The molecule has 0 aliphatic carbocycles. The maximum atomic E-state index is 12.4. The molecule has 1 aromatic carbocycles. The molecule has 3 amide bonds. The van der Waals surface area contributed by atoms with Gasteiger partial charge in [0.1, 0.15) is 17.3 Å². The number of carbonyl (C=O) groups excluding carboxylic acids is 2. The zero-order chi connectivity index (χ0) is 22.7. The van der Waals surface area contributed by atoms with Crippen LogP contribution in [-0.2, 0) is 9.84 Å². The number of anilines is 1. The van der Waals surface area contributed by atoms with Crippen LogP contribution in [0.25, 0.3) is 10.9 Å². The Labute approximate surface area is 185 Å². The van der Waals surface area contributed by atoms with Crippen LogP contribution < -0.4 is 15.4 Å². The van der Waals surface area contributed by atoms with E-state index in [-0.39, 0.29) is 30.6 Å². The number of benzene rings is 1. The lowest BCUT2D eigenvalue weighted by atomic mass is 10.2. The topological polar surface area (TPSA) is 123 Å². The van der Waals surface area contributed by atoms with E-state index in [4.69, 9.17) is 4.74 Å². The fourth-order valence-corrected chi connectivity index (χ4v) is 4.58. The molecule has 2 aromatic heterocycles. The number of carbonyl (C=O) groups is 2. The Kier molecular flexibility index (Phi) is 5.99. The third-order valence-electron chi connectivity index (χ3n) is 5.04. The molecular weight excluding hydrogens is 434 g/mol. The second kappa shape index (κ2) is 8.87. The molecule has 3 heterocycles. The Morgan fingerprint density at radius 2 is 1.81 bits per heavy atom. The monoisotopic (exact) mass is 457 g/mol. The zero-order valence-electron chi connectivity index (χ0n) is 17.4. The molecule has 1 fully saturated rings. The van der Waals surface area contributed by atoms with Crippen molar-refractivity contribution in [2.45, 2.75) is 6.92 Å².